The molecule has 0 saturated heterocycles. The van der Waals surface area contributed by atoms with E-state index in [-0.39, 0.29) is 11.7 Å². The summed E-state index contributed by atoms with van der Waals surface area (Å²) in [5.74, 6) is 1.00. The largest absolute Gasteiger partial charge is 0.493 e. The third-order valence-electron chi connectivity index (χ3n) is 3.12. The molecule has 4 heteroatoms. The van der Waals surface area contributed by atoms with Crippen LogP contribution in [0.3, 0.4) is 0 Å². The van der Waals surface area contributed by atoms with E-state index in [2.05, 4.69) is 15.9 Å². The highest BCUT2D eigenvalue weighted by Gasteiger charge is 2.30. The van der Waals surface area contributed by atoms with Crippen molar-refractivity contribution >= 4 is 21.7 Å². The molecule has 92 valence electrons. The maximum atomic E-state index is 12.5. The van der Waals surface area contributed by atoms with Crippen LogP contribution in [0.5, 0.6) is 5.75 Å². The Bertz CT molecular complexity index is 588. The summed E-state index contributed by atoms with van der Waals surface area (Å²) in [6.07, 6.45) is 2.20. The molecule has 0 spiro atoms. The number of Topliss-reactive ketones (excluding diaryl/α,β-unsaturated/α-hetero) is 1. The molecule has 18 heavy (non-hydrogen) atoms. The van der Waals surface area contributed by atoms with Crippen molar-refractivity contribution in [3.05, 3.63) is 52.4 Å². The number of fused-ring (bicyclic) bond motifs is 1. The third kappa shape index (κ3) is 1.86. The number of benzene rings is 1. The van der Waals surface area contributed by atoms with E-state index in [1.165, 1.54) is 6.26 Å². The predicted octanol–water partition coefficient (Wildman–Crippen LogP) is 3.79. The Morgan fingerprint density at radius 3 is 2.89 bits per heavy atom. The van der Waals surface area contributed by atoms with Crippen molar-refractivity contribution < 1.29 is 13.9 Å². The second kappa shape index (κ2) is 4.61. The lowest BCUT2D eigenvalue weighted by molar-refractivity contribution is 0.0904. The highest BCUT2D eigenvalue weighted by atomic mass is 79.9. The summed E-state index contributed by atoms with van der Waals surface area (Å²) in [6.45, 7) is 0.561. The van der Waals surface area contributed by atoms with Gasteiger partial charge in [-0.1, -0.05) is 18.2 Å². The lowest BCUT2D eigenvalue weighted by atomic mass is 9.88. The van der Waals surface area contributed by atoms with E-state index in [0.717, 1.165) is 11.3 Å². The Balaban J connectivity index is 2.00. The van der Waals surface area contributed by atoms with Gasteiger partial charge >= 0.3 is 0 Å². The first kappa shape index (κ1) is 11.5. The lowest BCUT2D eigenvalue weighted by Crippen LogP contribution is -2.21. The van der Waals surface area contributed by atoms with Gasteiger partial charge in [-0.3, -0.25) is 4.79 Å². The van der Waals surface area contributed by atoms with Crippen LogP contribution in [0.15, 0.2) is 45.5 Å². The number of furan rings is 1. The van der Waals surface area contributed by atoms with Crippen molar-refractivity contribution in [2.45, 2.75) is 12.3 Å². The Kier molecular flexibility index (Phi) is 2.96. The first-order valence-electron chi connectivity index (χ1n) is 5.76. The average molecular weight is 307 g/mol. The molecule has 1 aliphatic rings. The van der Waals surface area contributed by atoms with E-state index in [4.69, 9.17) is 9.15 Å². The number of hydrogen-bond donors (Lipinski definition) is 0. The highest BCUT2D eigenvalue weighted by molar-refractivity contribution is 9.10. The summed E-state index contributed by atoms with van der Waals surface area (Å²) in [7, 11) is 0. The Morgan fingerprint density at radius 2 is 2.11 bits per heavy atom. The van der Waals surface area contributed by atoms with E-state index in [1.807, 2.05) is 24.3 Å². The molecule has 0 saturated carbocycles. The topological polar surface area (TPSA) is 39.4 Å². The van der Waals surface area contributed by atoms with Gasteiger partial charge in [0.2, 0.25) is 5.78 Å². The molecular weight excluding hydrogens is 296 g/mol. The molecule has 3 nitrogen and oxygen atoms in total. The van der Waals surface area contributed by atoms with Crippen molar-refractivity contribution in [2.75, 3.05) is 6.61 Å². The van der Waals surface area contributed by atoms with E-state index < -0.39 is 0 Å². The number of carbonyl (C=O) groups excluding carboxylic acids is 1. The molecule has 0 amide bonds. The molecule has 1 aromatic heterocycles. The summed E-state index contributed by atoms with van der Waals surface area (Å²) in [6, 6.07) is 9.40. The van der Waals surface area contributed by atoms with Gasteiger partial charge in [0.1, 0.15) is 5.75 Å². The molecule has 3 rings (SSSR count). The van der Waals surface area contributed by atoms with E-state index in [1.54, 1.807) is 6.07 Å². The van der Waals surface area contributed by atoms with E-state index in [9.17, 15) is 4.79 Å². The first-order chi connectivity index (χ1) is 8.77. The SMILES string of the molecule is O=C(c1occc1Br)C1CCOc2ccccc21. The van der Waals surface area contributed by atoms with Crippen LogP contribution in [-0.2, 0) is 0 Å². The van der Waals surface area contributed by atoms with Crippen LogP contribution in [0.2, 0.25) is 0 Å². The van der Waals surface area contributed by atoms with Gasteiger partial charge < -0.3 is 9.15 Å². The number of halogens is 1. The minimum atomic E-state index is -0.183. The minimum Gasteiger partial charge on any atom is -0.493 e. The summed E-state index contributed by atoms with van der Waals surface area (Å²) in [5, 5.41) is 0. The molecule has 2 aromatic rings. The summed E-state index contributed by atoms with van der Waals surface area (Å²) in [4.78, 5) is 12.5. The molecule has 0 N–H and O–H groups in total. The van der Waals surface area contributed by atoms with Crippen molar-refractivity contribution in [3.8, 4) is 5.75 Å². The number of ether oxygens (including phenoxy) is 1. The highest BCUT2D eigenvalue weighted by Crippen LogP contribution is 2.36. The molecule has 0 aliphatic carbocycles. The molecular formula is C14H11BrO3. The third-order valence-corrected chi connectivity index (χ3v) is 3.74. The number of para-hydroxylation sites is 1. The maximum absolute atomic E-state index is 12.5. The fourth-order valence-electron chi connectivity index (χ4n) is 2.24. The zero-order chi connectivity index (χ0) is 12.5. The Hall–Kier alpha value is -1.55. The van der Waals surface area contributed by atoms with Crippen LogP contribution in [-0.4, -0.2) is 12.4 Å². The number of ketones is 1. The van der Waals surface area contributed by atoms with Gasteiger partial charge in [0.05, 0.1) is 23.3 Å². The maximum Gasteiger partial charge on any atom is 0.206 e. The first-order valence-corrected chi connectivity index (χ1v) is 6.55. The molecule has 2 heterocycles. The number of hydrogen-bond acceptors (Lipinski definition) is 3. The summed E-state index contributed by atoms with van der Waals surface area (Å²) in [5.41, 5.74) is 0.942. The molecule has 0 fully saturated rings. The zero-order valence-corrected chi connectivity index (χ0v) is 11.1. The summed E-state index contributed by atoms with van der Waals surface area (Å²) >= 11 is 3.33. The molecule has 0 radical (unpaired) electrons. The number of rotatable bonds is 2. The van der Waals surface area contributed by atoms with Crippen LogP contribution >= 0.6 is 15.9 Å². The Labute approximate surface area is 113 Å². The van der Waals surface area contributed by atoms with Crippen LogP contribution in [0.4, 0.5) is 0 Å². The minimum absolute atomic E-state index is 0.00243. The average Bonchev–Trinajstić information content (AvgIpc) is 2.83. The predicted molar refractivity (Wildman–Crippen MR) is 70.0 cm³/mol. The van der Waals surface area contributed by atoms with Crippen LogP contribution < -0.4 is 4.74 Å². The van der Waals surface area contributed by atoms with Gasteiger partial charge in [-0.2, -0.15) is 0 Å². The molecule has 0 bridgehead atoms. The number of carbonyl (C=O) groups is 1. The fourth-order valence-corrected chi connectivity index (χ4v) is 2.64. The quantitative estimate of drug-likeness (QED) is 0.792. The van der Waals surface area contributed by atoms with Crippen molar-refractivity contribution in [3.63, 3.8) is 0 Å². The standard InChI is InChI=1S/C14H11BrO3/c15-11-6-8-18-14(11)13(16)10-5-7-17-12-4-2-1-3-9(10)12/h1-4,6,8,10H,5,7H2. The van der Waals surface area contributed by atoms with Gasteiger partial charge in [-0.15, -0.1) is 0 Å². The monoisotopic (exact) mass is 306 g/mol. The zero-order valence-electron chi connectivity index (χ0n) is 9.56. The molecule has 1 aromatic carbocycles. The Morgan fingerprint density at radius 1 is 1.28 bits per heavy atom. The van der Waals surface area contributed by atoms with Crippen LogP contribution in [0.1, 0.15) is 28.5 Å². The van der Waals surface area contributed by atoms with Crippen molar-refractivity contribution in [2.24, 2.45) is 0 Å². The van der Waals surface area contributed by atoms with Crippen LogP contribution in [0, 0.1) is 0 Å². The smallest absolute Gasteiger partial charge is 0.206 e. The second-order valence-electron chi connectivity index (χ2n) is 4.19. The summed E-state index contributed by atoms with van der Waals surface area (Å²) < 4.78 is 11.5. The molecule has 1 unspecified atom stereocenters. The molecule has 1 atom stereocenters. The molecule has 1 aliphatic heterocycles. The van der Waals surface area contributed by atoms with Crippen molar-refractivity contribution in [1.29, 1.82) is 0 Å². The van der Waals surface area contributed by atoms with E-state index >= 15 is 0 Å². The van der Waals surface area contributed by atoms with Crippen molar-refractivity contribution in [1.82, 2.24) is 0 Å². The van der Waals surface area contributed by atoms with Gasteiger partial charge in [0, 0.05) is 5.56 Å². The fraction of sp³-hybridized carbons (Fsp3) is 0.214. The second-order valence-corrected chi connectivity index (χ2v) is 5.04. The van der Waals surface area contributed by atoms with Crippen LogP contribution in [0.25, 0.3) is 0 Å². The van der Waals surface area contributed by atoms with Gasteiger partial charge in [0.25, 0.3) is 0 Å². The van der Waals surface area contributed by atoms with Gasteiger partial charge in [-0.25, -0.2) is 0 Å². The normalized spacial score (nSPS) is 17.9. The lowest BCUT2D eigenvalue weighted by Gasteiger charge is -2.24. The van der Waals surface area contributed by atoms with Gasteiger partial charge in [0.15, 0.2) is 5.76 Å². The van der Waals surface area contributed by atoms with Gasteiger partial charge in [-0.05, 0) is 34.5 Å². The van der Waals surface area contributed by atoms with E-state index in [0.29, 0.717) is 23.3 Å².